The third-order valence-electron chi connectivity index (χ3n) is 1.48. The largest absolute Gasteiger partial charge is 0.226 e. The van der Waals surface area contributed by atoms with Gasteiger partial charge in [-0.2, -0.15) is 4.37 Å². The highest BCUT2D eigenvalue weighted by Gasteiger charge is 2.06. The highest BCUT2D eigenvalue weighted by Crippen LogP contribution is 2.28. The first-order chi connectivity index (χ1) is 7.13. The Morgan fingerprint density at radius 1 is 1.20 bits per heavy atom. The van der Waals surface area contributed by atoms with Gasteiger partial charge in [0.25, 0.3) is 0 Å². The van der Waals surface area contributed by atoms with Gasteiger partial charge in [0, 0.05) is 6.07 Å². The van der Waals surface area contributed by atoms with Crippen LogP contribution in [0.3, 0.4) is 0 Å². The molecular weight excluding hydrogens is 252 g/mol. The van der Waals surface area contributed by atoms with Gasteiger partial charge >= 0.3 is 0 Å². The standard InChI is InChI=1S/C8H7ClN4S2/c1-4-10-6(9)3-7(11-4)14-8-12-5(2)13-15-8/h3H,1-2H3. The monoisotopic (exact) mass is 258 g/mol. The van der Waals surface area contributed by atoms with E-state index in [1.807, 2.05) is 6.92 Å². The Bertz CT molecular complexity index is 465. The molecule has 2 aromatic heterocycles. The molecule has 0 amide bonds. The molecule has 15 heavy (non-hydrogen) atoms. The molecule has 2 heterocycles. The van der Waals surface area contributed by atoms with E-state index in [4.69, 9.17) is 11.6 Å². The Balaban J connectivity index is 2.24. The molecule has 0 aliphatic heterocycles. The van der Waals surface area contributed by atoms with Crippen molar-refractivity contribution in [1.29, 1.82) is 0 Å². The van der Waals surface area contributed by atoms with Crippen molar-refractivity contribution in [2.75, 3.05) is 0 Å². The third-order valence-corrected chi connectivity index (χ3v) is 3.44. The number of hydrogen-bond donors (Lipinski definition) is 0. The van der Waals surface area contributed by atoms with Crippen LogP contribution in [-0.2, 0) is 0 Å². The average molecular weight is 259 g/mol. The molecule has 7 heteroatoms. The van der Waals surface area contributed by atoms with Crippen LogP contribution in [0.4, 0.5) is 0 Å². The zero-order valence-electron chi connectivity index (χ0n) is 8.06. The number of halogens is 1. The maximum Gasteiger partial charge on any atom is 0.176 e. The maximum atomic E-state index is 5.82. The summed E-state index contributed by atoms with van der Waals surface area (Å²) in [5, 5.41) is 1.25. The molecule has 0 atom stereocenters. The van der Waals surface area contributed by atoms with Crippen molar-refractivity contribution < 1.29 is 0 Å². The van der Waals surface area contributed by atoms with E-state index in [-0.39, 0.29) is 0 Å². The molecule has 0 N–H and O–H groups in total. The molecule has 78 valence electrons. The van der Waals surface area contributed by atoms with Crippen molar-refractivity contribution >= 4 is 34.9 Å². The fraction of sp³-hybridized carbons (Fsp3) is 0.250. The van der Waals surface area contributed by atoms with E-state index in [1.165, 1.54) is 23.3 Å². The molecule has 0 spiro atoms. The molecule has 0 saturated carbocycles. The summed E-state index contributed by atoms with van der Waals surface area (Å²) >= 11 is 8.63. The Hall–Kier alpha value is -0.720. The van der Waals surface area contributed by atoms with E-state index in [9.17, 15) is 0 Å². The van der Waals surface area contributed by atoms with Crippen molar-refractivity contribution in [3.05, 3.63) is 22.9 Å². The van der Waals surface area contributed by atoms with Crippen LogP contribution in [0.15, 0.2) is 15.4 Å². The van der Waals surface area contributed by atoms with Gasteiger partial charge in [-0.05, 0) is 37.1 Å². The summed E-state index contributed by atoms with van der Waals surface area (Å²) in [4.78, 5) is 12.5. The summed E-state index contributed by atoms with van der Waals surface area (Å²) in [5.74, 6) is 1.44. The Labute approximate surface area is 100 Å². The fourth-order valence-corrected chi connectivity index (χ4v) is 2.90. The fourth-order valence-electron chi connectivity index (χ4n) is 0.967. The minimum Gasteiger partial charge on any atom is -0.226 e. The lowest BCUT2D eigenvalue weighted by Gasteiger charge is -1.98. The molecule has 0 unspecified atom stereocenters. The van der Waals surface area contributed by atoms with Crippen LogP contribution in [0.5, 0.6) is 0 Å². The molecule has 4 nitrogen and oxygen atoms in total. The van der Waals surface area contributed by atoms with Gasteiger partial charge in [0.05, 0.1) is 0 Å². The van der Waals surface area contributed by atoms with Gasteiger partial charge in [0.1, 0.15) is 21.8 Å². The smallest absolute Gasteiger partial charge is 0.176 e. The Morgan fingerprint density at radius 3 is 2.60 bits per heavy atom. The van der Waals surface area contributed by atoms with Crippen LogP contribution >= 0.6 is 34.9 Å². The first-order valence-corrected chi connectivity index (χ1v) is 6.09. The van der Waals surface area contributed by atoms with E-state index in [0.29, 0.717) is 11.0 Å². The zero-order chi connectivity index (χ0) is 10.8. The van der Waals surface area contributed by atoms with Crippen LogP contribution in [0.2, 0.25) is 5.15 Å². The summed E-state index contributed by atoms with van der Waals surface area (Å²) in [5.41, 5.74) is 0. The van der Waals surface area contributed by atoms with Crippen molar-refractivity contribution in [2.45, 2.75) is 23.2 Å². The van der Waals surface area contributed by atoms with Crippen LogP contribution in [0.1, 0.15) is 11.6 Å². The van der Waals surface area contributed by atoms with Crippen LogP contribution < -0.4 is 0 Å². The highest BCUT2D eigenvalue weighted by molar-refractivity contribution is 8.00. The quantitative estimate of drug-likeness (QED) is 0.776. The van der Waals surface area contributed by atoms with Gasteiger partial charge in [-0.15, -0.1) is 0 Å². The predicted octanol–water partition coefficient (Wildman–Crippen LogP) is 2.75. The molecule has 0 aromatic carbocycles. The SMILES string of the molecule is Cc1nc(Cl)cc(Sc2nc(C)ns2)n1. The molecule has 0 fully saturated rings. The van der Waals surface area contributed by atoms with Gasteiger partial charge in [0.15, 0.2) is 4.34 Å². The van der Waals surface area contributed by atoms with Gasteiger partial charge in [-0.3, -0.25) is 0 Å². The first kappa shape index (κ1) is 10.8. The van der Waals surface area contributed by atoms with Gasteiger partial charge in [0.2, 0.25) is 0 Å². The molecule has 0 saturated heterocycles. The molecule has 0 bridgehead atoms. The second-order valence-corrected chi connectivity index (χ2v) is 5.19. The first-order valence-electron chi connectivity index (χ1n) is 4.13. The summed E-state index contributed by atoms with van der Waals surface area (Å²) < 4.78 is 4.95. The number of aryl methyl sites for hydroxylation is 2. The number of rotatable bonds is 2. The summed E-state index contributed by atoms with van der Waals surface area (Å²) in [6.45, 7) is 3.67. The van der Waals surface area contributed by atoms with E-state index in [0.717, 1.165) is 15.2 Å². The Morgan fingerprint density at radius 2 is 2.00 bits per heavy atom. The maximum absolute atomic E-state index is 5.82. The number of hydrogen-bond acceptors (Lipinski definition) is 6. The molecule has 0 radical (unpaired) electrons. The van der Waals surface area contributed by atoms with Crippen LogP contribution in [-0.4, -0.2) is 19.3 Å². The van der Waals surface area contributed by atoms with Crippen molar-refractivity contribution in [3.8, 4) is 0 Å². The van der Waals surface area contributed by atoms with Crippen LogP contribution in [0.25, 0.3) is 0 Å². The lowest BCUT2D eigenvalue weighted by molar-refractivity contribution is 0.966. The normalized spacial score (nSPS) is 10.6. The predicted molar refractivity (Wildman–Crippen MR) is 60.5 cm³/mol. The zero-order valence-corrected chi connectivity index (χ0v) is 10.4. The Kier molecular flexibility index (Phi) is 3.18. The van der Waals surface area contributed by atoms with Gasteiger partial charge < -0.3 is 0 Å². The number of aromatic nitrogens is 4. The van der Waals surface area contributed by atoms with Gasteiger partial charge in [-0.25, -0.2) is 15.0 Å². The minimum absolute atomic E-state index is 0.450. The van der Waals surface area contributed by atoms with E-state index in [1.54, 1.807) is 13.0 Å². The molecule has 0 aliphatic rings. The molecule has 0 aliphatic carbocycles. The van der Waals surface area contributed by atoms with E-state index in [2.05, 4.69) is 19.3 Å². The lowest BCUT2D eigenvalue weighted by atomic mass is 10.6. The topological polar surface area (TPSA) is 51.6 Å². The van der Waals surface area contributed by atoms with E-state index >= 15 is 0 Å². The third kappa shape index (κ3) is 2.87. The van der Waals surface area contributed by atoms with Crippen molar-refractivity contribution in [2.24, 2.45) is 0 Å². The van der Waals surface area contributed by atoms with Gasteiger partial charge in [-0.1, -0.05) is 11.6 Å². The second kappa shape index (κ2) is 4.42. The minimum atomic E-state index is 0.450. The summed E-state index contributed by atoms with van der Waals surface area (Å²) in [7, 11) is 0. The number of nitrogens with zero attached hydrogens (tertiary/aromatic N) is 4. The summed E-state index contributed by atoms with van der Waals surface area (Å²) in [6, 6.07) is 1.72. The molecule has 2 aromatic rings. The highest BCUT2D eigenvalue weighted by atomic mass is 35.5. The van der Waals surface area contributed by atoms with Crippen LogP contribution in [0, 0.1) is 13.8 Å². The molecule has 2 rings (SSSR count). The van der Waals surface area contributed by atoms with E-state index < -0.39 is 0 Å². The summed E-state index contributed by atoms with van der Waals surface area (Å²) in [6.07, 6.45) is 0. The van der Waals surface area contributed by atoms with Crippen molar-refractivity contribution in [3.63, 3.8) is 0 Å². The average Bonchev–Trinajstić information content (AvgIpc) is 2.49. The second-order valence-electron chi connectivity index (χ2n) is 2.79. The lowest BCUT2D eigenvalue weighted by Crippen LogP contribution is -1.89. The molecular formula is C8H7ClN4S2. The van der Waals surface area contributed by atoms with Crippen molar-refractivity contribution in [1.82, 2.24) is 19.3 Å².